The van der Waals surface area contributed by atoms with Crippen LogP contribution in [0.1, 0.15) is 6.42 Å². The van der Waals surface area contributed by atoms with Crippen LogP contribution in [0.25, 0.3) is 0 Å². The van der Waals surface area contributed by atoms with Gasteiger partial charge >= 0.3 is 11.9 Å². The van der Waals surface area contributed by atoms with Crippen LogP contribution in [0.5, 0.6) is 0 Å². The molecule has 0 radical (unpaired) electrons. The molecule has 2 aliphatic heterocycles. The molecule has 84 valence electrons. The molecule has 1 fully saturated rings. The predicted molar refractivity (Wildman–Crippen MR) is 52.3 cm³/mol. The number of nitriles is 1. The summed E-state index contributed by atoms with van der Waals surface area (Å²) >= 11 is 6.01. The molecule has 5 nitrogen and oxygen atoms in total. The number of carbonyl (C=O) groups is 2. The van der Waals surface area contributed by atoms with Gasteiger partial charge < -0.3 is 9.47 Å². The first-order valence-electron chi connectivity index (χ1n) is 4.62. The van der Waals surface area contributed by atoms with Crippen LogP contribution in [0, 0.1) is 17.2 Å². The summed E-state index contributed by atoms with van der Waals surface area (Å²) in [6, 6.07) is 1.89. The quantitative estimate of drug-likeness (QED) is 0.494. The Kier molecular flexibility index (Phi) is 2.39. The summed E-state index contributed by atoms with van der Waals surface area (Å²) in [7, 11) is 1.24. The first kappa shape index (κ1) is 11.0. The summed E-state index contributed by atoms with van der Waals surface area (Å²) in [4.78, 5) is 21.5. The molecule has 1 aliphatic carbocycles. The summed E-state index contributed by atoms with van der Waals surface area (Å²) in [5, 5.41) is 8.94. The molecule has 0 aromatic carbocycles. The third-order valence-electron chi connectivity index (χ3n) is 2.79. The fourth-order valence-electron chi connectivity index (χ4n) is 1.93. The Morgan fingerprint density at radius 1 is 1.81 bits per heavy atom. The lowest BCUT2D eigenvalue weighted by atomic mass is 9.76. The van der Waals surface area contributed by atoms with Crippen LogP contribution in [-0.2, 0) is 19.1 Å². The molecule has 2 bridgehead atoms. The second-order valence-electron chi connectivity index (χ2n) is 3.70. The Hall–Kier alpha value is -1.54. The number of rotatable bonds is 1. The molecule has 3 rings (SSSR count). The van der Waals surface area contributed by atoms with E-state index >= 15 is 0 Å². The highest BCUT2D eigenvalue weighted by molar-refractivity contribution is 6.28. The van der Waals surface area contributed by atoms with Crippen molar-refractivity contribution < 1.29 is 19.1 Å². The second kappa shape index (κ2) is 3.49. The van der Waals surface area contributed by atoms with Crippen LogP contribution < -0.4 is 0 Å². The standard InChI is InChI=1S/C10H8ClNO4/c1-15-8(13)5-2-6-9(14)16-7(5)3-10(6,11)4-12/h2,6-7H,3H2,1H3. The molecule has 0 spiro atoms. The zero-order chi connectivity index (χ0) is 11.9. The van der Waals surface area contributed by atoms with Crippen LogP contribution in [-0.4, -0.2) is 30.0 Å². The van der Waals surface area contributed by atoms with Crippen molar-refractivity contribution in [3.8, 4) is 6.07 Å². The normalized spacial score (nSPS) is 36.1. The molecular weight excluding hydrogens is 234 g/mol. The highest BCUT2D eigenvalue weighted by atomic mass is 35.5. The maximum absolute atomic E-state index is 11.4. The minimum atomic E-state index is -1.31. The number of fused-ring (bicyclic) bond motifs is 2. The van der Waals surface area contributed by atoms with Crippen molar-refractivity contribution in [2.75, 3.05) is 7.11 Å². The van der Waals surface area contributed by atoms with Gasteiger partial charge in [0.25, 0.3) is 0 Å². The van der Waals surface area contributed by atoms with Crippen molar-refractivity contribution in [1.82, 2.24) is 0 Å². The van der Waals surface area contributed by atoms with Gasteiger partial charge in [-0.3, -0.25) is 4.79 Å². The van der Waals surface area contributed by atoms with Crippen LogP contribution in [0.3, 0.4) is 0 Å². The predicted octanol–water partition coefficient (Wildman–Crippen LogP) is 0.532. The SMILES string of the molecule is COC(=O)C1=CC2C(=O)OC1CC2(Cl)C#N. The molecule has 0 saturated carbocycles. The average Bonchev–Trinajstić information content (AvgIpc) is 2.28. The van der Waals surface area contributed by atoms with Crippen LogP contribution in [0.4, 0.5) is 0 Å². The number of methoxy groups -OCH3 is 1. The Balaban J connectivity index is 2.42. The van der Waals surface area contributed by atoms with Crippen molar-refractivity contribution in [2.45, 2.75) is 17.4 Å². The minimum absolute atomic E-state index is 0.113. The second-order valence-corrected chi connectivity index (χ2v) is 4.37. The van der Waals surface area contributed by atoms with Gasteiger partial charge in [0.1, 0.15) is 12.0 Å². The van der Waals surface area contributed by atoms with Crippen LogP contribution in [0.15, 0.2) is 11.6 Å². The van der Waals surface area contributed by atoms with E-state index in [1.54, 1.807) is 0 Å². The van der Waals surface area contributed by atoms with Gasteiger partial charge in [-0.25, -0.2) is 4.79 Å². The number of alkyl halides is 1. The van der Waals surface area contributed by atoms with Gasteiger partial charge in [-0.05, 0) is 0 Å². The van der Waals surface area contributed by atoms with E-state index in [0.717, 1.165) is 0 Å². The zero-order valence-corrected chi connectivity index (χ0v) is 9.15. The number of ether oxygens (including phenoxy) is 2. The van der Waals surface area contributed by atoms with E-state index in [0.29, 0.717) is 0 Å². The van der Waals surface area contributed by atoms with E-state index in [-0.39, 0.29) is 12.0 Å². The van der Waals surface area contributed by atoms with Crippen molar-refractivity contribution in [1.29, 1.82) is 5.26 Å². The lowest BCUT2D eigenvalue weighted by molar-refractivity contribution is -0.161. The summed E-state index contributed by atoms with van der Waals surface area (Å²) in [5.74, 6) is -2.03. The summed E-state index contributed by atoms with van der Waals surface area (Å²) < 4.78 is 9.53. The summed E-state index contributed by atoms with van der Waals surface area (Å²) in [6.07, 6.45) is 0.715. The average molecular weight is 242 g/mol. The van der Waals surface area contributed by atoms with Gasteiger partial charge in [0.2, 0.25) is 0 Å². The fourth-order valence-corrected chi connectivity index (χ4v) is 2.22. The van der Waals surface area contributed by atoms with Crippen LogP contribution in [0.2, 0.25) is 0 Å². The van der Waals surface area contributed by atoms with E-state index in [4.69, 9.17) is 21.6 Å². The topological polar surface area (TPSA) is 76.4 Å². The first-order valence-corrected chi connectivity index (χ1v) is 5.00. The Morgan fingerprint density at radius 3 is 3.00 bits per heavy atom. The molecule has 3 unspecified atom stereocenters. The molecule has 1 saturated heterocycles. The lowest BCUT2D eigenvalue weighted by Gasteiger charge is -2.40. The third kappa shape index (κ3) is 1.38. The van der Waals surface area contributed by atoms with Crippen LogP contribution >= 0.6 is 11.6 Å². The third-order valence-corrected chi connectivity index (χ3v) is 3.26. The number of halogens is 1. The van der Waals surface area contributed by atoms with Crippen molar-refractivity contribution in [2.24, 2.45) is 5.92 Å². The van der Waals surface area contributed by atoms with E-state index < -0.39 is 28.8 Å². The molecule has 0 amide bonds. The molecule has 16 heavy (non-hydrogen) atoms. The van der Waals surface area contributed by atoms with Crippen molar-refractivity contribution in [3.05, 3.63) is 11.6 Å². The molecule has 0 aromatic rings. The van der Waals surface area contributed by atoms with Gasteiger partial charge in [0, 0.05) is 6.42 Å². The zero-order valence-electron chi connectivity index (χ0n) is 8.40. The number of nitrogens with zero attached hydrogens (tertiary/aromatic N) is 1. The highest BCUT2D eigenvalue weighted by Gasteiger charge is 2.54. The molecule has 0 aromatic heterocycles. The molecule has 3 aliphatic rings. The Morgan fingerprint density at radius 2 is 2.50 bits per heavy atom. The Bertz CT molecular complexity index is 439. The number of esters is 2. The fraction of sp³-hybridized carbons (Fsp3) is 0.500. The maximum Gasteiger partial charge on any atom is 0.337 e. The van der Waals surface area contributed by atoms with Gasteiger partial charge in [-0.2, -0.15) is 5.26 Å². The minimum Gasteiger partial charge on any atom is -0.466 e. The van der Waals surface area contributed by atoms with Gasteiger partial charge in [0.15, 0.2) is 4.87 Å². The highest BCUT2D eigenvalue weighted by Crippen LogP contribution is 2.44. The number of hydrogen-bond acceptors (Lipinski definition) is 5. The Labute approximate surface area is 96.6 Å². The van der Waals surface area contributed by atoms with Gasteiger partial charge in [-0.1, -0.05) is 6.08 Å². The van der Waals surface area contributed by atoms with E-state index in [1.807, 2.05) is 6.07 Å². The molecule has 0 N–H and O–H groups in total. The monoisotopic (exact) mass is 241 g/mol. The van der Waals surface area contributed by atoms with Crippen molar-refractivity contribution in [3.63, 3.8) is 0 Å². The summed E-state index contributed by atoms with van der Waals surface area (Å²) in [5.41, 5.74) is 0.263. The van der Waals surface area contributed by atoms with E-state index in [2.05, 4.69) is 4.74 Å². The smallest absolute Gasteiger partial charge is 0.337 e. The molecular formula is C10H8ClNO4. The number of hydrogen-bond donors (Lipinski definition) is 0. The number of carbonyl (C=O) groups excluding carboxylic acids is 2. The van der Waals surface area contributed by atoms with E-state index in [1.165, 1.54) is 13.2 Å². The first-order chi connectivity index (χ1) is 7.51. The molecule has 3 atom stereocenters. The molecule has 2 heterocycles. The lowest BCUT2D eigenvalue weighted by Crippen LogP contribution is -2.52. The van der Waals surface area contributed by atoms with Crippen molar-refractivity contribution >= 4 is 23.5 Å². The van der Waals surface area contributed by atoms with Gasteiger partial charge in [-0.15, -0.1) is 11.6 Å². The largest absolute Gasteiger partial charge is 0.466 e. The van der Waals surface area contributed by atoms with Gasteiger partial charge in [0.05, 0.1) is 18.8 Å². The maximum atomic E-state index is 11.4. The summed E-state index contributed by atoms with van der Waals surface area (Å²) in [6.45, 7) is 0. The van der Waals surface area contributed by atoms with E-state index in [9.17, 15) is 9.59 Å². The molecule has 6 heteroatoms.